The summed E-state index contributed by atoms with van der Waals surface area (Å²) >= 11 is 0. The first-order valence-electron chi connectivity index (χ1n) is 8.07. The van der Waals surface area contributed by atoms with Crippen LogP contribution in [0.3, 0.4) is 0 Å². The largest absolute Gasteiger partial charge is 0.363 e. The van der Waals surface area contributed by atoms with Crippen LogP contribution in [0.15, 0.2) is 42.6 Å². The summed E-state index contributed by atoms with van der Waals surface area (Å²) in [4.78, 5) is 18.5. The molecule has 0 aliphatic carbocycles. The molecular weight excluding hydrogens is 286 g/mol. The predicted molar refractivity (Wildman–Crippen MR) is 93.6 cm³/mol. The van der Waals surface area contributed by atoms with Gasteiger partial charge in [-0.15, -0.1) is 0 Å². The van der Waals surface area contributed by atoms with Gasteiger partial charge in [0, 0.05) is 30.8 Å². The van der Waals surface area contributed by atoms with Gasteiger partial charge < -0.3 is 10.2 Å². The fourth-order valence-corrected chi connectivity index (χ4v) is 3.44. The number of nitrogens with zero attached hydrogens (tertiary/aromatic N) is 2. The highest BCUT2D eigenvalue weighted by Gasteiger charge is 2.38. The van der Waals surface area contributed by atoms with Crippen molar-refractivity contribution in [3.63, 3.8) is 0 Å². The van der Waals surface area contributed by atoms with Gasteiger partial charge in [0.1, 0.15) is 5.82 Å². The lowest BCUT2D eigenvalue weighted by Gasteiger charge is -2.44. The number of fused-ring (bicyclic) bond motifs is 1. The maximum Gasteiger partial charge on any atom is 0.224 e. The van der Waals surface area contributed by atoms with Crippen LogP contribution in [0.2, 0.25) is 0 Å². The van der Waals surface area contributed by atoms with Gasteiger partial charge in [-0.05, 0) is 37.1 Å². The van der Waals surface area contributed by atoms with Crippen molar-refractivity contribution >= 4 is 17.4 Å². The number of para-hydroxylation sites is 1. The van der Waals surface area contributed by atoms with Gasteiger partial charge in [0.25, 0.3) is 0 Å². The minimum atomic E-state index is 0.0873. The standard InChI is InChI=1S/C19H23N3O/c1-12-8-7-11-20-19(12)21-18-13(2)14(3)22(15(4)23)17-10-6-5-9-16(17)18/h5-11,13-14,18H,1-4H3,(H,20,21)/t13-,14-,18+/m0/s1. The molecule has 23 heavy (non-hydrogen) atoms. The summed E-state index contributed by atoms with van der Waals surface area (Å²) in [7, 11) is 0. The molecule has 1 aromatic carbocycles. The normalized spacial score (nSPS) is 23.3. The molecule has 0 saturated heterocycles. The molecule has 3 atom stereocenters. The smallest absolute Gasteiger partial charge is 0.224 e. The third kappa shape index (κ3) is 2.69. The van der Waals surface area contributed by atoms with E-state index in [-0.39, 0.29) is 23.9 Å². The maximum absolute atomic E-state index is 12.1. The van der Waals surface area contributed by atoms with Crippen LogP contribution >= 0.6 is 0 Å². The van der Waals surface area contributed by atoms with E-state index in [0.29, 0.717) is 0 Å². The average Bonchev–Trinajstić information content (AvgIpc) is 2.53. The van der Waals surface area contributed by atoms with Crippen LogP contribution in [0.25, 0.3) is 0 Å². The third-order valence-corrected chi connectivity index (χ3v) is 4.87. The average molecular weight is 309 g/mol. The first kappa shape index (κ1) is 15.5. The zero-order valence-electron chi connectivity index (χ0n) is 14.1. The number of aromatic nitrogens is 1. The number of rotatable bonds is 2. The third-order valence-electron chi connectivity index (χ3n) is 4.87. The quantitative estimate of drug-likeness (QED) is 0.914. The highest BCUT2D eigenvalue weighted by Crippen LogP contribution is 2.42. The Morgan fingerprint density at radius 3 is 2.61 bits per heavy atom. The van der Waals surface area contributed by atoms with Gasteiger partial charge in [-0.2, -0.15) is 0 Å². The van der Waals surface area contributed by atoms with Gasteiger partial charge in [0.15, 0.2) is 0 Å². The number of pyridine rings is 1. The summed E-state index contributed by atoms with van der Waals surface area (Å²) < 4.78 is 0. The van der Waals surface area contributed by atoms with Gasteiger partial charge in [-0.1, -0.05) is 31.2 Å². The highest BCUT2D eigenvalue weighted by atomic mass is 16.2. The van der Waals surface area contributed by atoms with Crippen molar-refractivity contribution in [2.75, 3.05) is 10.2 Å². The number of hydrogen-bond acceptors (Lipinski definition) is 3. The van der Waals surface area contributed by atoms with E-state index in [9.17, 15) is 4.79 Å². The second-order valence-corrected chi connectivity index (χ2v) is 6.34. The molecule has 0 spiro atoms. The van der Waals surface area contributed by atoms with Crippen molar-refractivity contribution < 1.29 is 4.79 Å². The van der Waals surface area contributed by atoms with Crippen LogP contribution in [-0.4, -0.2) is 16.9 Å². The lowest BCUT2D eigenvalue weighted by Crippen LogP contribution is -2.48. The molecule has 1 aromatic heterocycles. The monoisotopic (exact) mass is 309 g/mol. The van der Waals surface area contributed by atoms with E-state index in [1.54, 1.807) is 13.1 Å². The summed E-state index contributed by atoms with van der Waals surface area (Å²) in [6.07, 6.45) is 1.81. The van der Waals surface area contributed by atoms with Crippen LogP contribution < -0.4 is 10.2 Å². The molecule has 1 aliphatic rings. The van der Waals surface area contributed by atoms with E-state index in [1.807, 2.05) is 29.2 Å². The molecule has 0 fully saturated rings. The molecule has 3 rings (SSSR count). The van der Waals surface area contributed by atoms with Gasteiger partial charge in [-0.25, -0.2) is 4.98 Å². The molecule has 2 aromatic rings. The van der Waals surface area contributed by atoms with Crippen LogP contribution in [-0.2, 0) is 4.79 Å². The molecule has 4 heteroatoms. The second kappa shape index (κ2) is 6.03. The Morgan fingerprint density at radius 1 is 1.17 bits per heavy atom. The lowest BCUT2D eigenvalue weighted by molar-refractivity contribution is -0.117. The molecule has 0 bridgehead atoms. The van der Waals surface area contributed by atoms with Crippen molar-refractivity contribution in [3.05, 3.63) is 53.7 Å². The summed E-state index contributed by atoms with van der Waals surface area (Å²) in [6.45, 7) is 7.99. The van der Waals surface area contributed by atoms with Gasteiger partial charge in [0.2, 0.25) is 5.91 Å². The van der Waals surface area contributed by atoms with Gasteiger partial charge in [-0.3, -0.25) is 4.79 Å². The Bertz CT molecular complexity index is 728. The molecule has 120 valence electrons. The van der Waals surface area contributed by atoms with Crippen molar-refractivity contribution in [2.45, 2.75) is 39.8 Å². The molecule has 0 saturated carbocycles. The number of benzene rings is 1. The fourth-order valence-electron chi connectivity index (χ4n) is 3.44. The van der Waals surface area contributed by atoms with Gasteiger partial charge in [0.05, 0.1) is 6.04 Å². The zero-order valence-corrected chi connectivity index (χ0v) is 14.1. The SMILES string of the molecule is CC(=O)N1c2ccccc2[C@H](Nc2ncccc2C)[C@@H](C)[C@@H]1C. The molecule has 4 nitrogen and oxygen atoms in total. The second-order valence-electron chi connectivity index (χ2n) is 6.34. The Hall–Kier alpha value is -2.36. The zero-order chi connectivity index (χ0) is 16.6. The minimum absolute atomic E-state index is 0.0873. The Labute approximate surface area is 137 Å². The predicted octanol–water partition coefficient (Wildman–Crippen LogP) is 3.93. The fraction of sp³-hybridized carbons (Fsp3) is 0.368. The van der Waals surface area contributed by atoms with E-state index in [4.69, 9.17) is 0 Å². The Balaban J connectivity index is 2.05. The lowest BCUT2D eigenvalue weighted by atomic mass is 9.82. The first-order chi connectivity index (χ1) is 11.0. The topological polar surface area (TPSA) is 45.2 Å². The van der Waals surface area contributed by atoms with Crippen LogP contribution in [0.4, 0.5) is 11.5 Å². The van der Waals surface area contributed by atoms with Crippen LogP contribution in [0, 0.1) is 12.8 Å². The number of nitrogens with one attached hydrogen (secondary N) is 1. The van der Waals surface area contributed by atoms with E-state index in [0.717, 1.165) is 22.6 Å². The molecular formula is C19H23N3O. The van der Waals surface area contributed by atoms with E-state index in [1.165, 1.54) is 0 Å². The number of carbonyl (C=O) groups is 1. The Kier molecular flexibility index (Phi) is 4.07. The van der Waals surface area contributed by atoms with E-state index in [2.05, 4.69) is 43.2 Å². The van der Waals surface area contributed by atoms with Crippen molar-refractivity contribution in [3.8, 4) is 0 Å². The number of carbonyl (C=O) groups excluding carboxylic acids is 1. The molecule has 1 N–H and O–H groups in total. The maximum atomic E-state index is 12.1. The van der Waals surface area contributed by atoms with Crippen molar-refractivity contribution in [1.29, 1.82) is 0 Å². The number of hydrogen-bond donors (Lipinski definition) is 1. The molecule has 0 radical (unpaired) electrons. The molecule has 0 unspecified atom stereocenters. The van der Waals surface area contributed by atoms with Crippen LogP contribution in [0.1, 0.15) is 37.9 Å². The number of anilines is 2. The van der Waals surface area contributed by atoms with Gasteiger partial charge >= 0.3 is 0 Å². The van der Waals surface area contributed by atoms with Crippen molar-refractivity contribution in [1.82, 2.24) is 4.98 Å². The molecule has 2 heterocycles. The summed E-state index contributed by atoms with van der Waals surface area (Å²) in [6, 6.07) is 12.4. The first-order valence-corrected chi connectivity index (χ1v) is 8.07. The van der Waals surface area contributed by atoms with Crippen molar-refractivity contribution in [2.24, 2.45) is 5.92 Å². The highest BCUT2D eigenvalue weighted by molar-refractivity contribution is 5.93. The summed E-state index contributed by atoms with van der Waals surface area (Å²) in [5, 5.41) is 3.60. The summed E-state index contributed by atoms with van der Waals surface area (Å²) in [5.41, 5.74) is 3.27. The Morgan fingerprint density at radius 2 is 1.91 bits per heavy atom. The van der Waals surface area contributed by atoms with E-state index >= 15 is 0 Å². The summed E-state index contributed by atoms with van der Waals surface area (Å²) in [5.74, 6) is 1.27. The number of aryl methyl sites for hydroxylation is 1. The van der Waals surface area contributed by atoms with E-state index < -0.39 is 0 Å². The number of amides is 1. The van der Waals surface area contributed by atoms with Crippen LogP contribution in [0.5, 0.6) is 0 Å². The molecule has 1 amide bonds. The molecule has 1 aliphatic heterocycles. The minimum Gasteiger partial charge on any atom is -0.363 e.